The second kappa shape index (κ2) is 6.50. The summed E-state index contributed by atoms with van der Waals surface area (Å²) in [7, 11) is 0. The lowest BCUT2D eigenvalue weighted by Crippen LogP contribution is -2.07. The summed E-state index contributed by atoms with van der Waals surface area (Å²) in [5, 5.41) is 3.27. The molecular formula is C10H18N4S. The summed E-state index contributed by atoms with van der Waals surface area (Å²) >= 11 is 1.88. The van der Waals surface area contributed by atoms with Gasteiger partial charge in [0.2, 0.25) is 0 Å². The number of nitrogens with one attached hydrogen (secondary N) is 1. The summed E-state index contributed by atoms with van der Waals surface area (Å²) in [6.07, 6.45) is 6.01. The SMILES string of the molecule is CSCCCCNc1ncnc(N)c1C. The average Bonchev–Trinajstić information content (AvgIpc) is 2.24. The normalized spacial score (nSPS) is 10.3. The molecule has 0 aromatic carbocycles. The second-order valence-corrected chi connectivity index (χ2v) is 4.34. The highest BCUT2D eigenvalue weighted by atomic mass is 32.2. The minimum absolute atomic E-state index is 0.552. The molecule has 0 saturated heterocycles. The molecule has 1 aromatic rings. The van der Waals surface area contributed by atoms with E-state index in [4.69, 9.17) is 5.73 Å². The van der Waals surface area contributed by atoms with E-state index in [1.807, 2.05) is 18.7 Å². The molecule has 15 heavy (non-hydrogen) atoms. The summed E-state index contributed by atoms with van der Waals surface area (Å²) in [5.41, 5.74) is 6.61. The van der Waals surface area contributed by atoms with Crippen molar-refractivity contribution >= 4 is 23.4 Å². The summed E-state index contributed by atoms with van der Waals surface area (Å²) in [5.74, 6) is 2.62. The van der Waals surface area contributed by atoms with Gasteiger partial charge < -0.3 is 11.1 Å². The second-order valence-electron chi connectivity index (χ2n) is 3.36. The molecule has 0 atom stereocenters. The van der Waals surface area contributed by atoms with Gasteiger partial charge in [-0.3, -0.25) is 0 Å². The fraction of sp³-hybridized carbons (Fsp3) is 0.600. The van der Waals surface area contributed by atoms with Crippen LogP contribution in [0.2, 0.25) is 0 Å². The van der Waals surface area contributed by atoms with Crippen molar-refractivity contribution in [1.29, 1.82) is 0 Å². The first-order valence-electron chi connectivity index (χ1n) is 5.05. The Morgan fingerprint density at radius 3 is 2.93 bits per heavy atom. The molecule has 0 spiro atoms. The van der Waals surface area contributed by atoms with Gasteiger partial charge in [-0.2, -0.15) is 11.8 Å². The largest absolute Gasteiger partial charge is 0.383 e. The number of thioether (sulfide) groups is 1. The molecular weight excluding hydrogens is 208 g/mol. The summed E-state index contributed by atoms with van der Waals surface area (Å²) < 4.78 is 0. The van der Waals surface area contributed by atoms with Crippen molar-refractivity contribution in [1.82, 2.24) is 9.97 Å². The van der Waals surface area contributed by atoms with Crippen LogP contribution in [0.25, 0.3) is 0 Å². The molecule has 84 valence electrons. The summed E-state index contributed by atoms with van der Waals surface area (Å²) in [6.45, 7) is 2.87. The molecule has 0 bridgehead atoms. The van der Waals surface area contributed by atoms with E-state index >= 15 is 0 Å². The van der Waals surface area contributed by atoms with Crippen LogP contribution in [0.4, 0.5) is 11.6 Å². The van der Waals surface area contributed by atoms with Crippen LogP contribution in [0, 0.1) is 6.92 Å². The first-order valence-corrected chi connectivity index (χ1v) is 6.45. The molecule has 0 amide bonds. The first kappa shape index (κ1) is 12.1. The maximum Gasteiger partial charge on any atom is 0.134 e. The zero-order chi connectivity index (χ0) is 11.1. The third-order valence-electron chi connectivity index (χ3n) is 2.19. The standard InChI is InChI=1S/C10H18N4S/c1-8-9(11)13-7-14-10(8)12-5-3-4-6-15-2/h7H,3-6H2,1-2H3,(H3,11,12,13,14). The van der Waals surface area contributed by atoms with Crippen molar-refractivity contribution in [3.63, 3.8) is 0 Å². The topological polar surface area (TPSA) is 63.8 Å². The van der Waals surface area contributed by atoms with Crippen LogP contribution < -0.4 is 11.1 Å². The Bertz CT molecular complexity index is 303. The van der Waals surface area contributed by atoms with E-state index in [-0.39, 0.29) is 0 Å². The van der Waals surface area contributed by atoms with Gasteiger partial charge in [0.05, 0.1) is 0 Å². The minimum atomic E-state index is 0.552. The van der Waals surface area contributed by atoms with E-state index in [1.165, 1.54) is 18.5 Å². The van der Waals surface area contributed by atoms with Gasteiger partial charge in [0.15, 0.2) is 0 Å². The van der Waals surface area contributed by atoms with Gasteiger partial charge in [-0.15, -0.1) is 0 Å². The van der Waals surface area contributed by atoms with Crippen LogP contribution in [0.1, 0.15) is 18.4 Å². The first-order chi connectivity index (χ1) is 7.25. The highest BCUT2D eigenvalue weighted by Gasteiger charge is 2.02. The molecule has 3 N–H and O–H groups in total. The Morgan fingerprint density at radius 2 is 2.20 bits per heavy atom. The van der Waals surface area contributed by atoms with E-state index in [2.05, 4.69) is 21.5 Å². The lowest BCUT2D eigenvalue weighted by atomic mass is 10.3. The van der Waals surface area contributed by atoms with E-state index in [1.54, 1.807) is 0 Å². The summed E-state index contributed by atoms with van der Waals surface area (Å²) in [6, 6.07) is 0. The Balaban J connectivity index is 2.34. The number of hydrogen-bond acceptors (Lipinski definition) is 5. The van der Waals surface area contributed by atoms with Gasteiger partial charge in [0, 0.05) is 12.1 Å². The number of hydrogen-bond donors (Lipinski definition) is 2. The molecule has 0 unspecified atom stereocenters. The van der Waals surface area contributed by atoms with Crippen molar-refractivity contribution in [3.05, 3.63) is 11.9 Å². The number of nitrogen functional groups attached to an aromatic ring is 1. The van der Waals surface area contributed by atoms with Gasteiger partial charge in [0.25, 0.3) is 0 Å². The Hall–Kier alpha value is -0.970. The molecule has 0 aliphatic rings. The van der Waals surface area contributed by atoms with Crippen LogP contribution in [0.15, 0.2) is 6.33 Å². The maximum atomic E-state index is 5.68. The molecule has 0 saturated carbocycles. The maximum absolute atomic E-state index is 5.68. The van der Waals surface area contributed by atoms with E-state index < -0.39 is 0 Å². The Morgan fingerprint density at radius 1 is 1.40 bits per heavy atom. The quantitative estimate of drug-likeness (QED) is 0.726. The van der Waals surface area contributed by atoms with Crippen LogP contribution in [0.3, 0.4) is 0 Å². The Kier molecular flexibility index (Phi) is 5.25. The van der Waals surface area contributed by atoms with Gasteiger partial charge in [-0.25, -0.2) is 9.97 Å². The third kappa shape index (κ3) is 3.95. The van der Waals surface area contributed by atoms with E-state index in [0.29, 0.717) is 5.82 Å². The number of unbranched alkanes of at least 4 members (excludes halogenated alkanes) is 1. The molecule has 5 heteroatoms. The molecule has 0 radical (unpaired) electrons. The summed E-state index contributed by atoms with van der Waals surface area (Å²) in [4.78, 5) is 8.07. The van der Waals surface area contributed by atoms with Crippen LogP contribution in [0.5, 0.6) is 0 Å². The van der Waals surface area contributed by atoms with Crippen LogP contribution in [-0.2, 0) is 0 Å². The fourth-order valence-electron chi connectivity index (χ4n) is 1.22. The van der Waals surface area contributed by atoms with Crippen molar-refractivity contribution in [2.45, 2.75) is 19.8 Å². The molecule has 1 heterocycles. The molecule has 4 nitrogen and oxygen atoms in total. The Labute approximate surface area is 95.1 Å². The lowest BCUT2D eigenvalue weighted by Gasteiger charge is -2.08. The van der Waals surface area contributed by atoms with Crippen LogP contribution in [-0.4, -0.2) is 28.5 Å². The lowest BCUT2D eigenvalue weighted by molar-refractivity contribution is 0.838. The van der Waals surface area contributed by atoms with Crippen molar-refractivity contribution in [2.24, 2.45) is 0 Å². The van der Waals surface area contributed by atoms with Gasteiger partial charge >= 0.3 is 0 Å². The van der Waals surface area contributed by atoms with Gasteiger partial charge in [-0.05, 0) is 31.8 Å². The van der Waals surface area contributed by atoms with E-state index in [0.717, 1.165) is 24.3 Å². The monoisotopic (exact) mass is 226 g/mol. The average molecular weight is 226 g/mol. The molecule has 1 aromatic heterocycles. The predicted molar refractivity (Wildman–Crippen MR) is 67.3 cm³/mol. The minimum Gasteiger partial charge on any atom is -0.383 e. The zero-order valence-electron chi connectivity index (χ0n) is 9.29. The third-order valence-corrected chi connectivity index (χ3v) is 2.89. The zero-order valence-corrected chi connectivity index (χ0v) is 10.1. The highest BCUT2D eigenvalue weighted by molar-refractivity contribution is 7.98. The van der Waals surface area contributed by atoms with Gasteiger partial charge in [-0.1, -0.05) is 0 Å². The molecule has 0 aliphatic carbocycles. The number of aromatic nitrogens is 2. The number of rotatable bonds is 6. The number of nitrogens with zero attached hydrogens (tertiary/aromatic N) is 2. The number of nitrogens with two attached hydrogens (primary N) is 1. The van der Waals surface area contributed by atoms with Gasteiger partial charge in [0.1, 0.15) is 18.0 Å². The predicted octanol–water partition coefficient (Wildman–Crippen LogP) is 1.92. The smallest absolute Gasteiger partial charge is 0.134 e. The molecule has 0 aliphatic heterocycles. The van der Waals surface area contributed by atoms with Crippen molar-refractivity contribution in [3.8, 4) is 0 Å². The molecule has 1 rings (SSSR count). The fourth-order valence-corrected chi connectivity index (χ4v) is 1.71. The highest BCUT2D eigenvalue weighted by Crippen LogP contribution is 2.14. The van der Waals surface area contributed by atoms with Crippen molar-refractivity contribution < 1.29 is 0 Å². The van der Waals surface area contributed by atoms with Crippen molar-refractivity contribution in [2.75, 3.05) is 29.6 Å². The number of anilines is 2. The van der Waals surface area contributed by atoms with E-state index in [9.17, 15) is 0 Å². The van der Waals surface area contributed by atoms with Crippen LogP contribution >= 0.6 is 11.8 Å². The molecule has 0 fully saturated rings.